The third kappa shape index (κ3) is 4.64. The molecule has 1 aromatic rings. The Labute approximate surface area is 150 Å². The average molecular weight is 388 g/mol. The van der Waals surface area contributed by atoms with Crippen molar-refractivity contribution in [3.05, 3.63) is 34.0 Å². The van der Waals surface area contributed by atoms with E-state index in [4.69, 9.17) is 13.9 Å². The van der Waals surface area contributed by atoms with Crippen molar-refractivity contribution >= 4 is 27.7 Å². The number of morpholine rings is 1. The largest absolute Gasteiger partial charge is 0.444 e. The molecule has 0 spiro atoms. The van der Waals surface area contributed by atoms with Crippen LogP contribution in [0.2, 0.25) is 0 Å². The second-order valence-corrected chi connectivity index (χ2v) is 8.41. The molecule has 138 valence electrons. The minimum Gasteiger partial charge on any atom is -0.444 e. The van der Waals surface area contributed by atoms with Gasteiger partial charge in [0.1, 0.15) is 11.2 Å². The highest BCUT2D eigenvalue weighted by Gasteiger charge is 2.29. The van der Waals surface area contributed by atoms with Crippen LogP contribution < -0.4 is 15.1 Å². The quantitative estimate of drug-likeness (QED) is 0.676. The van der Waals surface area contributed by atoms with Gasteiger partial charge in [-0.3, -0.25) is 4.79 Å². The van der Waals surface area contributed by atoms with E-state index >= 15 is 0 Å². The van der Waals surface area contributed by atoms with E-state index in [0.29, 0.717) is 49.3 Å². The first-order chi connectivity index (χ1) is 12.0. The summed E-state index contributed by atoms with van der Waals surface area (Å²) in [6, 6.07) is 1.51. The molecular weight excluding hydrogens is 368 g/mol. The number of hydrogen-bond acceptors (Lipinski definition) is 8. The van der Waals surface area contributed by atoms with Crippen molar-refractivity contribution in [1.82, 2.24) is 4.72 Å². The summed E-state index contributed by atoms with van der Waals surface area (Å²) in [5, 5.41) is 0.850. The van der Waals surface area contributed by atoms with E-state index in [1.54, 1.807) is 0 Å². The van der Waals surface area contributed by atoms with E-state index in [2.05, 4.69) is 11.3 Å². The maximum absolute atomic E-state index is 12.3. The van der Waals surface area contributed by atoms with E-state index in [0.717, 1.165) is 5.41 Å². The number of anilines is 1. The number of sulfonamides is 1. The molecular formula is C15H20N2O6S2. The van der Waals surface area contributed by atoms with Crippen LogP contribution in [-0.2, 0) is 25.9 Å². The summed E-state index contributed by atoms with van der Waals surface area (Å²) < 4.78 is 41.7. The maximum Gasteiger partial charge on any atom is 0.233 e. The Bertz CT molecular complexity index is 786. The fourth-order valence-electron chi connectivity index (χ4n) is 2.57. The molecule has 2 aliphatic heterocycles. The van der Waals surface area contributed by atoms with E-state index in [1.165, 1.54) is 17.8 Å². The summed E-state index contributed by atoms with van der Waals surface area (Å²) in [4.78, 5) is 14.9. The van der Waals surface area contributed by atoms with E-state index < -0.39 is 10.0 Å². The molecule has 0 aliphatic carbocycles. The predicted molar refractivity (Wildman–Crippen MR) is 94.4 cm³/mol. The van der Waals surface area contributed by atoms with Gasteiger partial charge in [-0.15, -0.1) is 0 Å². The lowest BCUT2D eigenvalue weighted by Gasteiger charge is -2.27. The molecule has 0 aromatic carbocycles. The molecule has 8 nitrogen and oxygen atoms in total. The molecule has 1 unspecified atom stereocenters. The highest BCUT2D eigenvalue weighted by Crippen LogP contribution is 2.36. The Morgan fingerprint density at radius 2 is 2.20 bits per heavy atom. The van der Waals surface area contributed by atoms with Crippen LogP contribution in [0, 0.1) is 0 Å². The van der Waals surface area contributed by atoms with Crippen LogP contribution in [0.1, 0.15) is 5.76 Å². The summed E-state index contributed by atoms with van der Waals surface area (Å²) in [5.41, 5.74) is -0.342. The Kier molecular flexibility index (Phi) is 5.85. The summed E-state index contributed by atoms with van der Waals surface area (Å²) in [6.07, 6.45) is 0.474. The third-order valence-electron chi connectivity index (χ3n) is 3.81. The van der Waals surface area contributed by atoms with Gasteiger partial charge in [-0.1, -0.05) is 18.3 Å². The fourth-order valence-corrected chi connectivity index (χ4v) is 4.14. The zero-order valence-electron chi connectivity index (χ0n) is 13.6. The van der Waals surface area contributed by atoms with Gasteiger partial charge in [0.05, 0.1) is 24.7 Å². The summed E-state index contributed by atoms with van der Waals surface area (Å²) in [6.45, 7) is 6.17. The second-order valence-electron chi connectivity index (χ2n) is 5.53. The molecule has 0 radical (unpaired) electrons. The first-order valence-electron chi connectivity index (χ1n) is 7.88. The molecule has 3 rings (SSSR count). The maximum atomic E-state index is 12.3. The topological polar surface area (TPSA) is 98.1 Å². The van der Waals surface area contributed by atoms with Gasteiger partial charge in [-0.25, -0.2) is 13.1 Å². The molecule has 0 saturated carbocycles. The zero-order valence-corrected chi connectivity index (χ0v) is 15.2. The van der Waals surface area contributed by atoms with Crippen LogP contribution in [0.25, 0.3) is 0 Å². The summed E-state index contributed by atoms with van der Waals surface area (Å²) in [7, 11) is -3.45. The van der Waals surface area contributed by atoms with Crippen molar-refractivity contribution in [1.29, 1.82) is 0 Å². The lowest BCUT2D eigenvalue weighted by Crippen LogP contribution is -2.36. The highest BCUT2D eigenvalue weighted by molar-refractivity contribution is 8.00. The fraction of sp³-hybridized carbons (Fsp3) is 0.533. The molecule has 1 saturated heterocycles. The Morgan fingerprint density at radius 1 is 1.44 bits per heavy atom. The van der Waals surface area contributed by atoms with Gasteiger partial charge in [0, 0.05) is 37.5 Å². The lowest BCUT2D eigenvalue weighted by molar-refractivity contribution is 0.115. The molecule has 2 aliphatic rings. The van der Waals surface area contributed by atoms with Crippen LogP contribution in [0.5, 0.6) is 0 Å². The first-order valence-corrected chi connectivity index (χ1v) is 10.3. The van der Waals surface area contributed by atoms with Gasteiger partial charge in [-0.05, 0) is 0 Å². The van der Waals surface area contributed by atoms with Crippen molar-refractivity contribution in [3.63, 3.8) is 0 Å². The number of nitrogens with zero attached hydrogens (tertiary/aromatic N) is 1. The number of rotatable bonds is 7. The predicted octanol–water partition coefficient (Wildman–Crippen LogP) is 0.530. The molecule has 25 heavy (non-hydrogen) atoms. The minimum absolute atomic E-state index is 0.0776. The first kappa shape index (κ1) is 18.5. The van der Waals surface area contributed by atoms with Crippen molar-refractivity contribution in [2.75, 3.05) is 44.4 Å². The highest BCUT2D eigenvalue weighted by atomic mass is 32.2. The standard InChI is InChI=1S/C15H20N2O6S2/c1-2-25(19,20)16-3-6-22-14-10-12-15(24-14)11(18)9-13(23-12)17-4-7-21-8-5-17/h2,9,14,16H,1,3-8,10H2. The summed E-state index contributed by atoms with van der Waals surface area (Å²) >= 11 is 1.31. The van der Waals surface area contributed by atoms with Gasteiger partial charge in [0.25, 0.3) is 0 Å². The van der Waals surface area contributed by atoms with Crippen LogP contribution in [0.15, 0.2) is 32.2 Å². The van der Waals surface area contributed by atoms with E-state index in [-0.39, 0.29) is 24.0 Å². The van der Waals surface area contributed by atoms with Gasteiger partial charge < -0.3 is 18.8 Å². The van der Waals surface area contributed by atoms with Gasteiger partial charge in [0.15, 0.2) is 5.88 Å². The molecule has 1 aromatic heterocycles. The normalized spacial score (nSPS) is 20.5. The number of fused-ring (bicyclic) bond motifs is 1. The van der Waals surface area contributed by atoms with Crippen molar-refractivity contribution in [2.45, 2.75) is 16.8 Å². The van der Waals surface area contributed by atoms with Crippen molar-refractivity contribution in [3.8, 4) is 0 Å². The SMILES string of the molecule is C=CS(=O)(=O)NCCOC1Cc2oc(N3CCOCC3)cc(=O)c2S1. The third-order valence-corrected chi connectivity index (χ3v) is 6.09. The molecule has 1 fully saturated rings. The Balaban J connectivity index is 1.58. The summed E-state index contributed by atoms with van der Waals surface area (Å²) in [5.74, 6) is 1.18. The smallest absolute Gasteiger partial charge is 0.233 e. The van der Waals surface area contributed by atoms with Crippen LogP contribution in [0.4, 0.5) is 5.88 Å². The average Bonchev–Trinajstić information content (AvgIpc) is 3.03. The van der Waals surface area contributed by atoms with Crippen LogP contribution >= 0.6 is 11.8 Å². The van der Waals surface area contributed by atoms with Crippen molar-refractivity contribution < 1.29 is 22.3 Å². The molecule has 0 amide bonds. The molecule has 0 bridgehead atoms. The van der Waals surface area contributed by atoms with Crippen LogP contribution in [-0.4, -0.2) is 53.3 Å². The minimum atomic E-state index is -3.45. The Hall–Kier alpha value is -1.33. The van der Waals surface area contributed by atoms with E-state index in [9.17, 15) is 13.2 Å². The molecule has 1 N–H and O–H groups in total. The number of thioether (sulfide) groups is 1. The molecule has 1 atom stereocenters. The molecule has 3 heterocycles. The second kappa shape index (κ2) is 7.92. The van der Waals surface area contributed by atoms with Crippen molar-refractivity contribution in [2.24, 2.45) is 0 Å². The number of nitrogens with one attached hydrogen (secondary N) is 1. The van der Waals surface area contributed by atoms with E-state index in [1.807, 2.05) is 4.90 Å². The lowest BCUT2D eigenvalue weighted by atomic mass is 10.3. The number of hydrogen-bond donors (Lipinski definition) is 1. The van der Waals surface area contributed by atoms with Gasteiger partial charge in [0.2, 0.25) is 15.5 Å². The number of ether oxygens (including phenoxy) is 2. The monoisotopic (exact) mass is 388 g/mol. The molecule has 10 heteroatoms. The zero-order chi connectivity index (χ0) is 17.9. The van der Waals surface area contributed by atoms with Crippen LogP contribution in [0.3, 0.4) is 0 Å². The van der Waals surface area contributed by atoms with Gasteiger partial charge in [-0.2, -0.15) is 0 Å². The van der Waals surface area contributed by atoms with Gasteiger partial charge >= 0.3 is 0 Å². The Morgan fingerprint density at radius 3 is 2.92 bits per heavy atom.